The number of sulfonamides is 1. The van der Waals surface area contributed by atoms with Crippen molar-refractivity contribution in [3.05, 3.63) is 30.3 Å². The molecule has 0 aromatic heterocycles. The van der Waals surface area contributed by atoms with Gasteiger partial charge in [-0.05, 0) is 50.2 Å². The second kappa shape index (κ2) is 8.39. The zero-order chi connectivity index (χ0) is 18.6. The van der Waals surface area contributed by atoms with Crippen molar-refractivity contribution in [3.8, 4) is 0 Å². The Kier molecular flexibility index (Phi) is 6.19. The molecular formula is C19H30N4O2S. The largest absolute Gasteiger partial charge is 0.357 e. The quantitative estimate of drug-likeness (QED) is 0.587. The van der Waals surface area contributed by atoms with Crippen molar-refractivity contribution in [3.63, 3.8) is 0 Å². The average molecular weight is 379 g/mol. The molecule has 2 unspecified atom stereocenters. The molecule has 144 valence electrons. The lowest BCUT2D eigenvalue weighted by Crippen LogP contribution is -2.41. The molecule has 7 heteroatoms. The monoisotopic (exact) mass is 378 g/mol. The number of guanidine groups is 1. The number of nitrogens with one attached hydrogen (secondary N) is 2. The van der Waals surface area contributed by atoms with Crippen molar-refractivity contribution in [2.45, 2.75) is 44.0 Å². The lowest BCUT2D eigenvalue weighted by Gasteiger charge is -2.30. The fraction of sp³-hybridized carbons (Fsp3) is 0.632. The summed E-state index contributed by atoms with van der Waals surface area (Å²) >= 11 is 0. The molecule has 6 nitrogen and oxygen atoms in total. The molecule has 2 N–H and O–H groups in total. The normalized spacial score (nSPS) is 25.1. The van der Waals surface area contributed by atoms with Gasteiger partial charge in [0.15, 0.2) is 5.96 Å². The van der Waals surface area contributed by atoms with E-state index in [0.29, 0.717) is 29.9 Å². The van der Waals surface area contributed by atoms with Crippen molar-refractivity contribution in [2.24, 2.45) is 16.8 Å². The second-order valence-electron chi connectivity index (χ2n) is 7.34. The van der Waals surface area contributed by atoms with Gasteiger partial charge in [0.1, 0.15) is 0 Å². The maximum absolute atomic E-state index is 12.7. The Morgan fingerprint density at radius 2 is 1.88 bits per heavy atom. The number of aliphatic imine (C=N–C) groups is 1. The fourth-order valence-corrected chi connectivity index (χ4v) is 4.80. The minimum atomic E-state index is -3.37. The van der Waals surface area contributed by atoms with Gasteiger partial charge in [-0.15, -0.1) is 0 Å². The van der Waals surface area contributed by atoms with Gasteiger partial charge in [0.25, 0.3) is 0 Å². The van der Waals surface area contributed by atoms with Gasteiger partial charge in [0.2, 0.25) is 10.0 Å². The summed E-state index contributed by atoms with van der Waals surface area (Å²) in [5.74, 6) is 2.05. The number of rotatable bonds is 6. The second-order valence-corrected chi connectivity index (χ2v) is 9.28. The van der Waals surface area contributed by atoms with Crippen LogP contribution in [-0.4, -0.2) is 50.9 Å². The van der Waals surface area contributed by atoms with E-state index < -0.39 is 10.0 Å². The van der Waals surface area contributed by atoms with Gasteiger partial charge < -0.3 is 10.6 Å². The molecular weight excluding hydrogens is 348 g/mol. The van der Waals surface area contributed by atoms with Crippen LogP contribution in [0.15, 0.2) is 40.2 Å². The Morgan fingerprint density at radius 3 is 2.46 bits per heavy atom. The maximum Gasteiger partial charge on any atom is 0.243 e. The third kappa shape index (κ3) is 4.76. The lowest BCUT2D eigenvalue weighted by molar-refractivity contribution is 0.278. The first kappa shape index (κ1) is 19.2. The van der Waals surface area contributed by atoms with Gasteiger partial charge in [-0.25, -0.2) is 8.42 Å². The van der Waals surface area contributed by atoms with Gasteiger partial charge in [0.05, 0.1) is 4.90 Å². The molecule has 2 atom stereocenters. The molecule has 26 heavy (non-hydrogen) atoms. The number of piperidine rings is 1. The maximum atomic E-state index is 12.7. The van der Waals surface area contributed by atoms with Gasteiger partial charge in [-0.1, -0.05) is 25.1 Å². The molecule has 1 saturated carbocycles. The van der Waals surface area contributed by atoms with Crippen LogP contribution in [0, 0.1) is 11.8 Å². The first-order valence-electron chi connectivity index (χ1n) is 9.60. The predicted octanol–water partition coefficient (Wildman–Crippen LogP) is 2.05. The van der Waals surface area contributed by atoms with E-state index in [9.17, 15) is 8.42 Å². The topological polar surface area (TPSA) is 73.8 Å². The molecule has 1 heterocycles. The minimum Gasteiger partial charge on any atom is -0.357 e. The SMILES string of the molecule is CCNC(=NCC1CCN(S(=O)(=O)c2ccccc2)CC1)NC1CC1C. The van der Waals surface area contributed by atoms with Gasteiger partial charge >= 0.3 is 0 Å². The van der Waals surface area contributed by atoms with Crippen LogP contribution in [0.25, 0.3) is 0 Å². The summed E-state index contributed by atoms with van der Waals surface area (Å²) < 4.78 is 27.0. The van der Waals surface area contributed by atoms with E-state index in [-0.39, 0.29) is 0 Å². The number of nitrogens with zero attached hydrogens (tertiary/aromatic N) is 2. The zero-order valence-electron chi connectivity index (χ0n) is 15.7. The molecule has 1 aromatic carbocycles. The van der Waals surface area contributed by atoms with E-state index in [1.54, 1.807) is 28.6 Å². The Hall–Kier alpha value is -1.60. The third-order valence-electron chi connectivity index (χ3n) is 5.24. The minimum absolute atomic E-state index is 0.383. The molecule has 2 fully saturated rings. The highest BCUT2D eigenvalue weighted by Gasteiger charge is 2.33. The van der Waals surface area contributed by atoms with Crippen LogP contribution in [0.4, 0.5) is 0 Å². The highest BCUT2D eigenvalue weighted by atomic mass is 32.2. The van der Waals surface area contributed by atoms with Gasteiger partial charge in [0, 0.05) is 32.2 Å². The highest BCUT2D eigenvalue weighted by molar-refractivity contribution is 7.89. The molecule has 1 saturated heterocycles. The van der Waals surface area contributed by atoms with Crippen LogP contribution in [0.2, 0.25) is 0 Å². The lowest BCUT2D eigenvalue weighted by atomic mass is 9.98. The highest BCUT2D eigenvalue weighted by Crippen LogP contribution is 2.29. The van der Waals surface area contributed by atoms with Crippen molar-refractivity contribution in [1.82, 2.24) is 14.9 Å². The third-order valence-corrected chi connectivity index (χ3v) is 7.15. The van der Waals surface area contributed by atoms with E-state index in [4.69, 9.17) is 4.99 Å². The van der Waals surface area contributed by atoms with Crippen LogP contribution >= 0.6 is 0 Å². The van der Waals surface area contributed by atoms with Crippen LogP contribution in [0.5, 0.6) is 0 Å². The van der Waals surface area contributed by atoms with Crippen molar-refractivity contribution < 1.29 is 8.42 Å². The summed E-state index contributed by atoms with van der Waals surface area (Å²) in [7, 11) is -3.37. The fourth-order valence-electron chi connectivity index (χ4n) is 3.31. The molecule has 0 amide bonds. The Labute approximate surface area is 157 Å². The molecule has 1 aromatic rings. The summed E-state index contributed by atoms with van der Waals surface area (Å²) in [4.78, 5) is 5.11. The van der Waals surface area contributed by atoms with E-state index in [0.717, 1.165) is 37.8 Å². The van der Waals surface area contributed by atoms with Crippen molar-refractivity contribution >= 4 is 16.0 Å². The van der Waals surface area contributed by atoms with E-state index >= 15 is 0 Å². The molecule has 1 aliphatic heterocycles. The zero-order valence-corrected chi connectivity index (χ0v) is 16.5. The van der Waals surface area contributed by atoms with Crippen molar-refractivity contribution in [1.29, 1.82) is 0 Å². The molecule has 0 bridgehead atoms. The van der Waals surface area contributed by atoms with Crippen LogP contribution in [0.3, 0.4) is 0 Å². The van der Waals surface area contributed by atoms with Crippen LogP contribution in [-0.2, 0) is 10.0 Å². The molecule has 2 aliphatic rings. The summed E-state index contributed by atoms with van der Waals surface area (Å²) in [5, 5.41) is 6.77. The average Bonchev–Trinajstić information content (AvgIpc) is 3.35. The predicted molar refractivity (Wildman–Crippen MR) is 105 cm³/mol. The van der Waals surface area contributed by atoms with Crippen LogP contribution in [0.1, 0.15) is 33.1 Å². The van der Waals surface area contributed by atoms with E-state index in [1.165, 1.54) is 6.42 Å². The molecule has 1 aliphatic carbocycles. The number of benzene rings is 1. The smallest absolute Gasteiger partial charge is 0.243 e. The first-order valence-corrected chi connectivity index (χ1v) is 11.0. The Bertz CT molecular complexity index is 712. The Balaban J connectivity index is 1.52. The standard InChI is InChI=1S/C19H30N4O2S/c1-3-20-19(22-18-13-15(18)2)21-14-16-9-11-23(12-10-16)26(24,25)17-7-5-4-6-8-17/h4-8,15-16,18H,3,9-14H2,1-2H3,(H2,20,21,22). The molecule has 0 radical (unpaired) electrons. The summed E-state index contributed by atoms with van der Waals surface area (Å²) in [6, 6.07) is 9.25. The summed E-state index contributed by atoms with van der Waals surface area (Å²) in [5.41, 5.74) is 0. The van der Waals surface area contributed by atoms with Crippen LogP contribution < -0.4 is 10.6 Å². The van der Waals surface area contributed by atoms with E-state index in [2.05, 4.69) is 24.5 Å². The van der Waals surface area contributed by atoms with Crippen molar-refractivity contribution in [2.75, 3.05) is 26.2 Å². The van der Waals surface area contributed by atoms with Gasteiger partial charge in [-0.3, -0.25) is 4.99 Å². The first-order chi connectivity index (χ1) is 12.5. The summed E-state index contributed by atoms with van der Waals surface area (Å²) in [6.45, 7) is 7.04. The number of hydrogen-bond acceptors (Lipinski definition) is 3. The number of hydrogen-bond donors (Lipinski definition) is 2. The summed E-state index contributed by atoms with van der Waals surface area (Å²) in [6.07, 6.45) is 2.92. The Morgan fingerprint density at radius 1 is 1.23 bits per heavy atom. The molecule has 0 spiro atoms. The van der Waals surface area contributed by atoms with E-state index in [1.807, 2.05) is 6.07 Å². The van der Waals surface area contributed by atoms with Gasteiger partial charge in [-0.2, -0.15) is 4.31 Å². The molecule has 3 rings (SSSR count).